The van der Waals surface area contributed by atoms with E-state index in [-0.39, 0.29) is 12.7 Å². The van der Waals surface area contributed by atoms with E-state index in [9.17, 15) is 5.11 Å². The molecule has 0 aromatic heterocycles. The van der Waals surface area contributed by atoms with Gasteiger partial charge in [-0.2, -0.15) is 0 Å². The maximum Gasteiger partial charge on any atom is 0.143 e. The first-order valence-electron chi connectivity index (χ1n) is 6.35. The zero-order chi connectivity index (χ0) is 13.1. The van der Waals surface area contributed by atoms with Gasteiger partial charge in [-0.1, -0.05) is 36.5 Å². The molecular weight excluding hydrogens is 271 g/mol. The van der Waals surface area contributed by atoms with Crippen LogP contribution in [-0.2, 0) is 6.61 Å². The van der Waals surface area contributed by atoms with Gasteiger partial charge in [0.25, 0.3) is 0 Å². The first-order chi connectivity index (χ1) is 8.60. The Labute approximate surface area is 118 Å². The summed E-state index contributed by atoms with van der Waals surface area (Å²) in [5.41, 5.74) is 0.658. The lowest BCUT2D eigenvalue weighted by Gasteiger charge is -2.28. The van der Waals surface area contributed by atoms with Gasteiger partial charge in [-0.3, -0.25) is 0 Å². The molecule has 1 N–H and O–H groups in total. The maximum atomic E-state index is 9.35. The Balaban J connectivity index is 2.17. The monoisotopic (exact) mass is 288 g/mol. The lowest BCUT2D eigenvalue weighted by molar-refractivity contribution is 0.125. The fraction of sp³-hybridized carbons (Fsp3) is 0.571. The molecule has 1 aliphatic carbocycles. The van der Waals surface area contributed by atoms with Crippen LogP contribution in [0.3, 0.4) is 0 Å². The minimum Gasteiger partial charge on any atom is -0.488 e. The molecule has 1 saturated carbocycles. The van der Waals surface area contributed by atoms with E-state index in [1.165, 1.54) is 12.8 Å². The predicted octanol–water partition coefficient (Wildman–Crippen LogP) is 4.44. The third-order valence-electron chi connectivity index (χ3n) is 3.43. The Hall–Kier alpha value is -0.440. The third kappa shape index (κ3) is 3.31. The third-order valence-corrected chi connectivity index (χ3v) is 3.93. The number of hydrogen-bond donors (Lipinski definition) is 1. The predicted molar refractivity (Wildman–Crippen MR) is 74.4 cm³/mol. The van der Waals surface area contributed by atoms with Crippen molar-refractivity contribution < 1.29 is 9.84 Å². The van der Waals surface area contributed by atoms with E-state index < -0.39 is 0 Å². The second-order valence-corrected chi connectivity index (χ2v) is 5.89. The van der Waals surface area contributed by atoms with Gasteiger partial charge in [0.1, 0.15) is 5.75 Å². The first kappa shape index (κ1) is 14.0. The van der Waals surface area contributed by atoms with Crippen molar-refractivity contribution in [3.05, 3.63) is 27.7 Å². The molecule has 0 saturated heterocycles. The number of ether oxygens (including phenoxy) is 1. The highest BCUT2D eigenvalue weighted by atomic mass is 35.5. The largest absolute Gasteiger partial charge is 0.488 e. The number of aliphatic hydroxyl groups is 1. The summed E-state index contributed by atoms with van der Waals surface area (Å²) in [6.07, 6.45) is 4.74. The normalized spacial score (nSPS) is 24.0. The molecule has 1 aliphatic rings. The van der Waals surface area contributed by atoms with Crippen LogP contribution in [0.15, 0.2) is 12.1 Å². The van der Waals surface area contributed by atoms with Crippen LogP contribution in [0.25, 0.3) is 0 Å². The Morgan fingerprint density at radius 3 is 2.78 bits per heavy atom. The lowest BCUT2D eigenvalue weighted by atomic mass is 9.88. The molecule has 0 aliphatic heterocycles. The number of rotatable bonds is 3. The number of benzene rings is 1. The summed E-state index contributed by atoms with van der Waals surface area (Å²) in [5.74, 6) is 1.27. The van der Waals surface area contributed by atoms with E-state index in [2.05, 4.69) is 6.92 Å². The Morgan fingerprint density at radius 2 is 2.11 bits per heavy atom. The van der Waals surface area contributed by atoms with Gasteiger partial charge in [0.15, 0.2) is 0 Å². The zero-order valence-electron chi connectivity index (χ0n) is 10.5. The smallest absolute Gasteiger partial charge is 0.143 e. The van der Waals surface area contributed by atoms with Gasteiger partial charge >= 0.3 is 0 Å². The van der Waals surface area contributed by atoms with E-state index in [0.717, 1.165) is 12.8 Å². The van der Waals surface area contributed by atoms with Crippen molar-refractivity contribution in [2.45, 2.75) is 45.3 Å². The Kier molecular flexibility index (Phi) is 4.77. The first-order valence-corrected chi connectivity index (χ1v) is 7.11. The number of halogens is 2. The van der Waals surface area contributed by atoms with E-state index >= 15 is 0 Å². The summed E-state index contributed by atoms with van der Waals surface area (Å²) in [4.78, 5) is 0. The molecule has 1 aromatic rings. The summed E-state index contributed by atoms with van der Waals surface area (Å²) in [7, 11) is 0. The summed E-state index contributed by atoms with van der Waals surface area (Å²) in [5, 5.41) is 10.3. The topological polar surface area (TPSA) is 29.5 Å². The molecule has 2 nitrogen and oxygen atoms in total. The van der Waals surface area contributed by atoms with Crippen LogP contribution in [0.2, 0.25) is 10.0 Å². The SMILES string of the molecule is CC1CCCC(Oc2c(Cl)cc(Cl)cc2CO)C1. The summed E-state index contributed by atoms with van der Waals surface area (Å²) >= 11 is 12.1. The quantitative estimate of drug-likeness (QED) is 0.891. The van der Waals surface area contributed by atoms with Crippen molar-refractivity contribution in [3.8, 4) is 5.75 Å². The molecule has 100 valence electrons. The van der Waals surface area contributed by atoms with Crippen molar-refractivity contribution in [1.82, 2.24) is 0 Å². The van der Waals surface area contributed by atoms with Crippen molar-refractivity contribution in [1.29, 1.82) is 0 Å². The highest BCUT2D eigenvalue weighted by Crippen LogP contribution is 2.36. The average molecular weight is 289 g/mol. The summed E-state index contributed by atoms with van der Waals surface area (Å²) in [6.45, 7) is 2.13. The Morgan fingerprint density at radius 1 is 1.33 bits per heavy atom. The van der Waals surface area contributed by atoms with Gasteiger partial charge in [0, 0.05) is 10.6 Å². The highest BCUT2D eigenvalue weighted by molar-refractivity contribution is 6.35. The van der Waals surface area contributed by atoms with Crippen LogP contribution in [0.1, 0.15) is 38.2 Å². The second-order valence-electron chi connectivity index (χ2n) is 5.05. The minimum absolute atomic E-state index is 0.113. The van der Waals surface area contributed by atoms with Crippen LogP contribution in [0.4, 0.5) is 0 Å². The molecule has 1 aromatic carbocycles. The van der Waals surface area contributed by atoms with Gasteiger partial charge in [-0.05, 0) is 37.3 Å². The lowest BCUT2D eigenvalue weighted by Crippen LogP contribution is -2.24. The van der Waals surface area contributed by atoms with Crippen LogP contribution >= 0.6 is 23.2 Å². The van der Waals surface area contributed by atoms with E-state index in [1.54, 1.807) is 12.1 Å². The van der Waals surface area contributed by atoms with Gasteiger partial charge in [-0.25, -0.2) is 0 Å². The van der Waals surface area contributed by atoms with Crippen LogP contribution in [-0.4, -0.2) is 11.2 Å². The standard InChI is InChI=1S/C14H18Cl2O2/c1-9-3-2-4-12(5-9)18-14-10(8-17)6-11(15)7-13(14)16/h6-7,9,12,17H,2-5,8H2,1H3. The molecule has 2 rings (SSSR count). The molecular formula is C14H18Cl2O2. The average Bonchev–Trinajstić information content (AvgIpc) is 2.32. The van der Waals surface area contributed by atoms with Gasteiger partial charge in [-0.15, -0.1) is 0 Å². The molecule has 1 fully saturated rings. The molecule has 2 unspecified atom stereocenters. The highest BCUT2D eigenvalue weighted by Gasteiger charge is 2.22. The number of hydrogen-bond acceptors (Lipinski definition) is 2. The molecule has 18 heavy (non-hydrogen) atoms. The van der Waals surface area contributed by atoms with E-state index in [4.69, 9.17) is 27.9 Å². The maximum absolute atomic E-state index is 9.35. The summed E-state index contributed by atoms with van der Waals surface area (Å²) < 4.78 is 5.98. The molecule has 0 heterocycles. The Bertz CT molecular complexity index is 421. The van der Waals surface area contributed by atoms with Crippen molar-refractivity contribution in [3.63, 3.8) is 0 Å². The molecule has 2 atom stereocenters. The second kappa shape index (κ2) is 6.14. The van der Waals surface area contributed by atoms with Crippen molar-refractivity contribution >= 4 is 23.2 Å². The fourth-order valence-corrected chi connectivity index (χ4v) is 3.10. The van der Waals surface area contributed by atoms with Crippen LogP contribution < -0.4 is 4.74 Å². The van der Waals surface area contributed by atoms with E-state index in [0.29, 0.717) is 27.3 Å². The minimum atomic E-state index is -0.113. The van der Waals surface area contributed by atoms with Crippen LogP contribution in [0.5, 0.6) is 5.75 Å². The zero-order valence-corrected chi connectivity index (χ0v) is 12.0. The fourth-order valence-electron chi connectivity index (χ4n) is 2.52. The molecule has 0 spiro atoms. The summed E-state index contributed by atoms with van der Waals surface area (Å²) in [6, 6.07) is 3.36. The molecule has 0 radical (unpaired) electrons. The van der Waals surface area contributed by atoms with Crippen LogP contribution in [0, 0.1) is 5.92 Å². The van der Waals surface area contributed by atoms with Gasteiger partial charge in [0.2, 0.25) is 0 Å². The number of aliphatic hydroxyl groups excluding tert-OH is 1. The molecule has 0 amide bonds. The van der Waals surface area contributed by atoms with E-state index in [1.807, 2.05) is 0 Å². The van der Waals surface area contributed by atoms with Gasteiger partial charge < -0.3 is 9.84 Å². The van der Waals surface area contributed by atoms with Gasteiger partial charge in [0.05, 0.1) is 17.7 Å². The van der Waals surface area contributed by atoms with Crippen molar-refractivity contribution in [2.75, 3.05) is 0 Å². The molecule has 4 heteroatoms. The molecule has 0 bridgehead atoms. The van der Waals surface area contributed by atoms with Crippen molar-refractivity contribution in [2.24, 2.45) is 5.92 Å².